The Morgan fingerprint density at radius 2 is 0.767 bits per heavy atom. The Labute approximate surface area is 155 Å². The van der Waals surface area contributed by atoms with Crippen molar-refractivity contribution < 1.29 is 80.1 Å². The van der Waals surface area contributed by atoms with E-state index in [4.69, 9.17) is 5.11 Å². The van der Waals surface area contributed by atoms with E-state index < -0.39 is 74.1 Å². The average molecular weight is 490 g/mol. The molecule has 30 heavy (non-hydrogen) atoms. The predicted molar refractivity (Wildman–Crippen MR) is 62.6 cm³/mol. The maximum atomic E-state index is 14.5. The van der Waals surface area contributed by atoms with Gasteiger partial charge in [-0.2, -0.15) is 70.2 Å². The summed E-state index contributed by atoms with van der Waals surface area (Å²) < 4.78 is 213. The summed E-state index contributed by atoms with van der Waals surface area (Å²) in [6.07, 6.45) is -14.3. The van der Waals surface area contributed by atoms with Crippen LogP contribution in [0.15, 0.2) is 0 Å². The minimum atomic E-state index is -7.75. The summed E-state index contributed by atoms with van der Waals surface area (Å²) in [4.78, 5) is 0. The molecule has 0 bridgehead atoms. The molecular weight excluding hydrogens is 480 g/mol. The summed E-state index contributed by atoms with van der Waals surface area (Å²) in [6.45, 7) is -3.79. The molecule has 0 aliphatic rings. The van der Waals surface area contributed by atoms with Gasteiger partial charge in [0, 0.05) is 13.8 Å². The minimum absolute atomic E-state index is 1.15. The smallest absolute Gasteiger partial charge is 0.352 e. The highest BCUT2D eigenvalue weighted by atomic mass is 19.4. The molecule has 0 spiro atoms. The van der Waals surface area contributed by atoms with E-state index in [9.17, 15) is 70.2 Å². The molecule has 2 unspecified atom stereocenters. The second-order valence-corrected chi connectivity index (χ2v) is 6.27. The van der Waals surface area contributed by atoms with Crippen molar-refractivity contribution in [2.45, 2.75) is 74.1 Å². The van der Waals surface area contributed by atoms with Crippen molar-refractivity contribution in [2.24, 2.45) is 0 Å². The summed E-state index contributed by atoms with van der Waals surface area (Å²) in [5.74, 6) is -42.7. The van der Waals surface area contributed by atoms with Gasteiger partial charge in [-0.3, -0.25) is 0 Å². The second kappa shape index (κ2) is 6.90. The van der Waals surface area contributed by atoms with Crippen LogP contribution in [0.2, 0.25) is 0 Å². The van der Waals surface area contributed by atoms with E-state index in [1.54, 1.807) is 0 Å². The molecule has 2 atom stereocenters. The standard InChI is InChI=1S/C12H10F16O2/c1-4(11(23,24)25,12(26,27)28)30-10(22,8(19,20)6(3,15)16)9(21,29)7(17,18)5(2,13)14/h29H,1-3H3. The molecule has 0 aromatic heterocycles. The molecular formula is C12H10F16O2. The van der Waals surface area contributed by atoms with E-state index in [1.807, 2.05) is 0 Å². The Balaban J connectivity index is 7.35. The van der Waals surface area contributed by atoms with Crippen molar-refractivity contribution in [3.8, 4) is 0 Å². The highest BCUT2D eigenvalue weighted by Crippen LogP contribution is 2.61. The zero-order chi connectivity index (χ0) is 25.2. The summed E-state index contributed by atoms with van der Waals surface area (Å²) >= 11 is 0. The van der Waals surface area contributed by atoms with Crippen LogP contribution in [0.4, 0.5) is 70.2 Å². The number of alkyl halides is 16. The van der Waals surface area contributed by atoms with Crippen LogP contribution < -0.4 is 0 Å². The van der Waals surface area contributed by atoms with Crippen molar-refractivity contribution >= 4 is 0 Å². The third kappa shape index (κ3) is 3.88. The van der Waals surface area contributed by atoms with Crippen LogP contribution in [0.3, 0.4) is 0 Å². The molecule has 0 fully saturated rings. The Bertz CT molecular complexity index is 608. The van der Waals surface area contributed by atoms with Gasteiger partial charge in [0.1, 0.15) is 0 Å². The van der Waals surface area contributed by atoms with E-state index in [0.29, 0.717) is 0 Å². The summed E-state index contributed by atoms with van der Waals surface area (Å²) in [6, 6.07) is 0. The highest BCUT2D eigenvalue weighted by molar-refractivity contribution is 5.12. The van der Waals surface area contributed by atoms with Crippen LogP contribution in [0.25, 0.3) is 0 Å². The topological polar surface area (TPSA) is 29.5 Å². The zero-order valence-corrected chi connectivity index (χ0v) is 14.4. The molecule has 2 nitrogen and oxygen atoms in total. The number of hydrogen-bond acceptors (Lipinski definition) is 2. The summed E-state index contributed by atoms with van der Waals surface area (Å²) in [5, 5.41) is 8.75. The first-order valence-corrected chi connectivity index (χ1v) is 6.91. The second-order valence-electron chi connectivity index (χ2n) is 6.27. The van der Waals surface area contributed by atoms with Crippen molar-refractivity contribution in [1.82, 2.24) is 0 Å². The Kier molecular flexibility index (Phi) is 6.62. The van der Waals surface area contributed by atoms with E-state index in [-0.39, 0.29) is 0 Å². The molecule has 0 saturated heterocycles. The lowest BCUT2D eigenvalue weighted by molar-refractivity contribution is -0.514. The normalized spacial score (nSPS) is 20.0. The summed E-state index contributed by atoms with van der Waals surface area (Å²) in [5.41, 5.74) is -6.48. The lowest BCUT2D eigenvalue weighted by Crippen LogP contribution is -2.77. The lowest BCUT2D eigenvalue weighted by atomic mass is 9.88. The predicted octanol–water partition coefficient (Wildman–Crippen LogP) is 5.79. The Morgan fingerprint density at radius 1 is 0.500 bits per heavy atom. The zero-order valence-electron chi connectivity index (χ0n) is 14.4. The minimum Gasteiger partial charge on any atom is -0.352 e. The molecule has 0 rings (SSSR count). The van der Waals surface area contributed by atoms with Crippen molar-refractivity contribution in [3.63, 3.8) is 0 Å². The molecule has 18 heteroatoms. The molecule has 1 N–H and O–H groups in total. The van der Waals surface area contributed by atoms with E-state index in [2.05, 4.69) is 4.74 Å². The third-order valence-corrected chi connectivity index (χ3v) is 3.78. The van der Waals surface area contributed by atoms with Crippen LogP contribution in [-0.2, 0) is 4.74 Å². The quantitative estimate of drug-likeness (QED) is 0.458. The molecule has 0 amide bonds. The maximum absolute atomic E-state index is 14.5. The fourth-order valence-corrected chi connectivity index (χ4v) is 1.67. The van der Waals surface area contributed by atoms with Crippen LogP contribution >= 0.6 is 0 Å². The van der Waals surface area contributed by atoms with Crippen molar-refractivity contribution in [3.05, 3.63) is 0 Å². The van der Waals surface area contributed by atoms with Crippen molar-refractivity contribution in [2.75, 3.05) is 0 Å². The summed E-state index contributed by atoms with van der Waals surface area (Å²) in [7, 11) is 0. The molecule has 0 saturated carbocycles. The Morgan fingerprint density at radius 3 is 0.967 bits per heavy atom. The van der Waals surface area contributed by atoms with Gasteiger partial charge >= 0.3 is 47.8 Å². The number of ether oxygens (including phenoxy) is 1. The number of aliphatic hydroxyl groups is 1. The monoisotopic (exact) mass is 490 g/mol. The molecule has 0 aliphatic heterocycles. The molecule has 0 aromatic carbocycles. The van der Waals surface area contributed by atoms with E-state index in [0.717, 1.165) is 0 Å². The van der Waals surface area contributed by atoms with Gasteiger partial charge in [0.15, 0.2) is 0 Å². The lowest BCUT2D eigenvalue weighted by Gasteiger charge is -2.48. The number of halogens is 16. The van der Waals surface area contributed by atoms with Gasteiger partial charge in [-0.1, -0.05) is 0 Å². The number of rotatable bonds is 7. The van der Waals surface area contributed by atoms with Crippen molar-refractivity contribution in [1.29, 1.82) is 0 Å². The highest BCUT2D eigenvalue weighted by Gasteiger charge is 2.90. The SMILES string of the molecule is CC(F)(F)C(F)(F)C(O)(F)C(F)(OC(C)(C(F)(F)F)C(F)(F)F)C(F)(F)C(C)(F)F. The van der Waals surface area contributed by atoms with Gasteiger partial charge in [-0.15, -0.1) is 0 Å². The number of hydrogen-bond donors (Lipinski definition) is 1. The van der Waals surface area contributed by atoms with Gasteiger partial charge < -0.3 is 9.84 Å². The van der Waals surface area contributed by atoms with Gasteiger partial charge in [0.25, 0.3) is 5.60 Å². The largest absolute Gasteiger partial charge is 0.426 e. The van der Waals surface area contributed by atoms with E-state index >= 15 is 0 Å². The molecule has 0 aromatic rings. The van der Waals surface area contributed by atoms with E-state index in [1.165, 1.54) is 0 Å². The molecule has 0 aliphatic carbocycles. The first kappa shape index (κ1) is 28.8. The van der Waals surface area contributed by atoms with Gasteiger partial charge in [0.2, 0.25) is 0 Å². The maximum Gasteiger partial charge on any atom is 0.426 e. The van der Waals surface area contributed by atoms with Crippen LogP contribution in [-0.4, -0.2) is 58.5 Å². The van der Waals surface area contributed by atoms with Gasteiger partial charge in [-0.05, 0) is 6.92 Å². The van der Waals surface area contributed by atoms with Crippen LogP contribution in [0.5, 0.6) is 0 Å². The fraction of sp³-hybridized carbons (Fsp3) is 1.00. The first-order chi connectivity index (χ1) is 12.5. The van der Waals surface area contributed by atoms with Gasteiger partial charge in [0.05, 0.1) is 0 Å². The van der Waals surface area contributed by atoms with Crippen LogP contribution in [0, 0.1) is 0 Å². The average Bonchev–Trinajstić information content (AvgIpc) is 2.41. The molecule has 182 valence electrons. The Hall–Kier alpha value is -1.20. The fourth-order valence-electron chi connectivity index (χ4n) is 1.67. The first-order valence-electron chi connectivity index (χ1n) is 6.91. The van der Waals surface area contributed by atoms with Gasteiger partial charge in [-0.25, -0.2) is 0 Å². The molecule has 0 radical (unpaired) electrons. The van der Waals surface area contributed by atoms with Crippen LogP contribution in [0.1, 0.15) is 20.8 Å². The third-order valence-electron chi connectivity index (χ3n) is 3.78. The molecule has 0 heterocycles.